The molecule has 0 heterocycles. The number of nitrogen functional groups attached to an aromatic ring is 1. The standard InChI is InChI=1S/C14H24N2O/c1-5-11-7-9(3)14(16-8-10(4)17)12(6-2)13(11)15/h7,10,16-17H,5-6,8,15H2,1-4H3. The minimum absolute atomic E-state index is 0.355. The molecule has 4 N–H and O–H groups in total. The minimum atomic E-state index is -0.355. The lowest BCUT2D eigenvalue weighted by atomic mass is 9.97. The van der Waals surface area contributed by atoms with Crippen molar-refractivity contribution < 1.29 is 5.11 Å². The molecule has 0 fully saturated rings. The highest BCUT2D eigenvalue weighted by molar-refractivity contribution is 5.70. The molecule has 0 saturated carbocycles. The van der Waals surface area contributed by atoms with Crippen molar-refractivity contribution in [1.29, 1.82) is 0 Å². The second-order valence-corrected chi connectivity index (χ2v) is 4.56. The van der Waals surface area contributed by atoms with Crippen LogP contribution in [0, 0.1) is 6.92 Å². The summed E-state index contributed by atoms with van der Waals surface area (Å²) in [5.41, 5.74) is 11.7. The first-order valence-electron chi connectivity index (χ1n) is 6.33. The first-order valence-corrected chi connectivity index (χ1v) is 6.33. The Morgan fingerprint density at radius 2 is 2.00 bits per heavy atom. The van der Waals surface area contributed by atoms with Crippen molar-refractivity contribution in [3.05, 3.63) is 22.8 Å². The van der Waals surface area contributed by atoms with Gasteiger partial charge in [-0.1, -0.05) is 19.9 Å². The maximum absolute atomic E-state index is 9.34. The summed E-state index contributed by atoms with van der Waals surface area (Å²) in [7, 11) is 0. The predicted molar refractivity (Wildman–Crippen MR) is 74.5 cm³/mol. The Balaban J connectivity index is 3.15. The number of nitrogens with one attached hydrogen (secondary N) is 1. The second kappa shape index (κ2) is 5.92. The number of hydrogen-bond donors (Lipinski definition) is 3. The molecule has 0 aliphatic heterocycles. The Kier molecular flexibility index (Phi) is 4.82. The van der Waals surface area contributed by atoms with E-state index in [1.807, 2.05) is 0 Å². The normalized spacial score (nSPS) is 12.5. The van der Waals surface area contributed by atoms with E-state index in [-0.39, 0.29) is 6.10 Å². The highest BCUT2D eigenvalue weighted by Gasteiger charge is 2.12. The quantitative estimate of drug-likeness (QED) is 0.688. The lowest BCUT2D eigenvalue weighted by Crippen LogP contribution is -2.17. The maximum Gasteiger partial charge on any atom is 0.0684 e. The number of aryl methyl sites for hydroxylation is 2. The van der Waals surface area contributed by atoms with Crippen LogP contribution in [0.4, 0.5) is 11.4 Å². The van der Waals surface area contributed by atoms with Crippen molar-refractivity contribution in [2.45, 2.75) is 46.6 Å². The van der Waals surface area contributed by atoms with E-state index in [1.54, 1.807) is 6.92 Å². The molecule has 0 aliphatic rings. The van der Waals surface area contributed by atoms with Gasteiger partial charge in [-0.3, -0.25) is 0 Å². The SMILES string of the molecule is CCc1cc(C)c(NCC(C)O)c(CC)c1N. The summed E-state index contributed by atoms with van der Waals surface area (Å²) in [6.45, 7) is 8.64. The van der Waals surface area contributed by atoms with E-state index in [0.717, 1.165) is 24.2 Å². The van der Waals surface area contributed by atoms with Gasteiger partial charge in [-0.15, -0.1) is 0 Å². The van der Waals surface area contributed by atoms with Gasteiger partial charge in [0.1, 0.15) is 0 Å². The zero-order valence-corrected chi connectivity index (χ0v) is 11.3. The largest absolute Gasteiger partial charge is 0.398 e. The summed E-state index contributed by atoms with van der Waals surface area (Å²) in [4.78, 5) is 0. The van der Waals surface area contributed by atoms with Crippen LogP contribution in [0.2, 0.25) is 0 Å². The topological polar surface area (TPSA) is 58.3 Å². The first-order chi connectivity index (χ1) is 8.01. The van der Waals surface area contributed by atoms with Crippen molar-refractivity contribution >= 4 is 11.4 Å². The molecule has 0 aliphatic carbocycles. The Labute approximate surface area is 104 Å². The second-order valence-electron chi connectivity index (χ2n) is 4.56. The van der Waals surface area contributed by atoms with Crippen LogP contribution in [0.5, 0.6) is 0 Å². The molecule has 17 heavy (non-hydrogen) atoms. The monoisotopic (exact) mass is 236 g/mol. The van der Waals surface area contributed by atoms with Gasteiger partial charge in [0.05, 0.1) is 6.10 Å². The average Bonchev–Trinajstić information content (AvgIpc) is 2.29. The van der Waals surface area contributed by atoms with E-state index in [2.05, 4.69) is 32.2 Å². The molecule has 3 nitrogen and oxygen atoms in total. The summed E-state index contributed by atoms with van der Waals surface area (Å²) in [5, 5.41) is 12.6. The summed E-state index contributed by atoms with van der Waals surface area (Å²) in [5.74, 6) is 0. The van der Waals surface area contributed by atoms with Crippen molar-refractivity contribution in [2.24, 2.45) is 0 Å². The number of hydrogen-bond acceptors (Lipinski definition) is 3. The van der Waals surface area contributed by atoms with Gasteiger partial charge in [-0.25, -0.2) is 0 Å². The van der Waals surface area contributed by atoms with Crippen molar-refractivity contribution in [2.75, 3.05) is 17.6 Å². The van der Waals surface area contributed by atoms with Crippen LogP contribution in [-0.4, -0.2) is 17.8 Å². The molecule has 1 unspecified atom stereocenters. The number of nitrogens with two attached hydrogens (primary N) is 1. The van der Waals surface area contributed by atoms with Gasteiger partial charge >= 0.3 is 0 Å². The number of benzene rings is 1. The summed E-state index contributed by atoms with van der Waals surface area (Å²) < 4.78 is 0. The lowest BCUT2D eigenvalue weighted by molar-refractivity contribution is 0.208. The van der Waals surface area contributed by atoms with Gasteiger partial charge in [0, 0.05) is 17.9 Å². The van der Waals surface area contributed by atoms with Crippen LogP contribution in [0.15, 0.2) is 6.07 Å². The fourth-order valence-electron chi connectivity index (χ4n) is 2.13. The molecule has 0 radical (unpaired) electrons. The zero-order chi connectivity index (χ0) is 13.0. The lowest BCUT2D eigenvalue weighted by Gasteiger charge is -2.19. The molecule has 0 spiro atoms. The van der Waals surface area contributed by atoms with E-state index in [0.29, 0.717) is 6.54 Å². The van der Waals surface area contributed by atoms with Crippen molar-refractivity contribution in [1.82, 2.24) is 0 Å². The van der Waals surface area contributed by atoms with E-state index in [4.69, 9.17) is 5.73 Å². The molecular formula is C14H24N2O. The third-order valence-electron chi connectivity index (χ3n) is 3.07. The summed E-state index contributed by atoms with van der Waals surface area (Å²) in [6, 6.07) is 2.14. The Bertz CT molecular complexity index is 386. The Morgan fingerprint density at radius 3 is 2.47 bits per heavy atom. The third kappa shape index (κ3) is 3.13. The summed E-state index contributed by atoms with van der Waals surface area (Å²) >= 11 is 0. The molecular weight excluding hydrogens is 212 g/mol. The average molecular weight is 236 g/mol. The molecule has 0 amide bonds. The van der Waals surface area contributed by atoms with Crippen LogP contribution in [0.25, 0.3) is 0 Å². The number of anilines is 2. The molecule has 1 aromatic rings. The number of aliphatic hydroxyl groups is 1. The number of rotatable bonds is 5. The summed E-state index contributed by atoms with van der Waals surface area (Å²) in [6.07, 6.45) is 1.50. The Morgan fingerprint density at radius 1 is 1.35 bits per heavy atom. The van der Waals surface area contributed by atoms with E-state index >= 15 is 0 Å². The smallest absolute Gasteiger partial charge is 0.0684 e. The first kappa shape index (κ1) is 13.8. The van der Waals surface area contributed by atoms with Crippen molar-refractivity contribution in [3.63, 3.8) is 0 Å². The molecule has 0 bridgehead atoms. The van der Waals surface area contributed by atoms with Crippen LogP contribution in [0.1, 0.15) is 37.5 Å². The van der Waals surface area contributed by atoms with Gasteiger partial charge in [0.2, 0.25) is 0 Å². The molecule has 96 valence electrons. The highest BCUT2D eigenvalue weighted by atomic mass is 16.3. The van der Waals surface area contributed by atoms with Crippen LogP contribution < -0.4 is 11.1 Å². The maximum atomic E-state index is 9.34. The minimum Gasteiger partial charge on any atom is -0.398 e. The molecule has 1 atom stereocenters. The van der Waals surface area contributed by atoms with Gasteiger partial charge < -0.3 is 16.2 Å². The third-order valence-corrected chi connectivity index (χ3v) is 3.07. The van der Waals surface area contributed by atoms with Gasteiger partial charge in [-0.05, 0) is 43.4 Å². The molecule has 0 aromatic heterocycles. The molecule has 3 heteroatoms. The molecule has 1 aromatic carbocycles. The highest BCUT2D eigenvalue weighted by Crippen LogP contribution is 2.30. The van der Waals surface area contributed by atoms with Crippen LogP contribution in [-0.2, 0) is 12.8 Å². The fourth-order valence-corrected chi connectivity index (χ4v) is 2.13. The van der Waals surface area contributed by atoms with Gasteiger partial charge in [0.15, 0.2) is 0 Å². The van der Waals surface area contributed by atoms with E-state index in [1.165, 1.54) is 16.7 Å². The van der Waals surface area contributed by atoms with Crippen molar-refractivity contribution in [3.8, 4) is 0 Å². The van der Waals surface area contributed by atoms with Crippen LogP contribution in [0.3, 0.4) is 0 Å². The predicted octanol–water partition coefficient (Wildman–Crippen LogP) is 2.49. The molecule has 0 saturated heterocycles. The fraction of sp³-hybridized carbons (Fsp3) is 0.571. The van der Waals surface area contributed by atoms with Gasteiger partial charge in [-0.2, -0.15) is 0 Å². The van der Waals surface area contributed by atoms with Crippen LogP contribution >= 0.6 is 0 Å². The zero-order valence-electron chi connectivity index (χ0n) is 11.3. The Hall–Kier alpha value is -1.22. The van der Waals surface area contributed by atoms with E-state index in [9.17, 15) is 5.11 Å². The number of aliphatic hydroxyl groups excluding tert-OH is 1. The van der Waals surface area contributed by atoms with Gasteiger partial charge in [0.25, 0.3) is 0 Å². The van der Waals surface area contributed by atoms with E-state index < -0.39 is 0 Å². The molecule has 1 rings (SSSR count).